The highest BCUT2D eigenvalue weighted by molar-refractivity contribution is 5.77. The molecule has 0 bridgehead atoms. The summed E-state index contributed by atoms with van der Waals surface area (Å²) in [5.74, 6) is 0.813. The van der Waals surface area contributed by atoms with Crippen LogP contribution in [-0.2, 0) is 32.0 Å². The van der Waals surface area contributed by atoms with E-state index in [0.29, 0.717) is 24.6 Å². The van der Waals surface area contributed by atoms with Crippen molar-refractivity contribution in [2.24, 2.45) is 14.1 Å². The van der Waals surface area contributed by atoms with Crippen LogP contribution in [0.4, 0.5) is 0 Å². The van der Waals surface area contributed by atoms with Gasteiger partial charge in [-0.2, -0.15) is 0 Å². The number of aryl methyl sites for hydroxylation is 2. The van der Waals surface area contributed by atoms with Crippen LogP contribution in [0.2, 0.25) is 0 Å². The van der Waals surface area contributed by atoms with Gasteiger partial charge in [-0.1, -0.05) is 6.07 Å². The molecular formula is C20H25N5O5. The monoisotopic (exact) mass is 415 g/mol. The standard InChI is InChI=1S/C20H25N5O5/c1-6-24(10-13-7-8-14(29-4)15(9-13)30-5)16(26)11-25-19(27)17-18(21-12-22(17)2)23(3)20(25)28/h7-9,12H,6,10-11H2,1-5H3. The van der Waals surface area contributed by atoms with E-state index in [1.807, 2.05) is 13.0 Å². The van der Waals surface area contributed by atoms with Crippen molar-refractivity contribution in [1.82, 2.24) is 23.6 Å². The summed E-state index contributed by atoms with van der Waals surface area (Å²) in [6.45, 7) is 2.20. The summed E-state index contributed by atoms with van der Waals surface area (Å²) in [5, 5.41) is 0. The first kappa shape index (κ1) is 21.2. The zero-order valence-corrected chi connectivity index (χ0v) is 17.7. The van der Waals surface area contributed by atoms with E-state index >= 15 is 0 Å². The summed E-state index contributed by atoms with van der Waals surface area (Å²) in [7, 11) is 6.29. The summed E-state index contributed by atoms with van der Waals surface area (Å²) < 4.78 is 14.3. The lowest BCUT2D eigenvalue weighted by Crippen LogP contribution is -2.44. The van der Waals surface area contributed by atoms with Gasteiger partial charge in [-0.25, -0.2) is 14.3 Å². The zero-order chi connectivity index (χ0) is 22.0. The first-order chi connectivity index (χ1) is 14.3. The molecule has 0 N–H and O–H groups in total. The maximum atomic E-state index is 12.9. The van der Waals surface area contributed by atoms with Gasteiger partial charge < -0.3 is 18.9 Å². The van der Waals surface area contributed by atoms with E-state index in [9.17, 15) is 14.4 Å². The van der Waals surface area contributed by atoms with Crippen LogP contribution in [-0.4, -0.2) is 50.3 Å². The lowest BCUT2D eigenvalue weighted by molar-refractivity contribution is -0.132. The van der Waals surface area contributed by atoms with Gasteiger partial charge in [0.05, 0.1) is 20.5 Å². The molecular weight excluding hydrogens is 390 g/mol. The van der Waals surface area contributed by atoms with Crippen LogP contribution in [0.3, 0.4) is 0 Å². The molecule has 1 aromatic carbocycles. The van der Waals surface area contributed by atoms with Crippen molar-refractivity contribution in [3.05, 3.63) is 50.9 Å². The lowest BCUT2D eigenvalue weighted by Gasteiger charge is -2.22. The van der Waals surface area contributed by atoms with Gasteiger partial charge >= 0.3 is 5.69 Å². The van der Waals surface area contributed by atoms with Crippen LogP contribution >= 0.6 is 0 Å². The fraction of sp³-hybridized carbons (Fsp3) is 0.400. The Morgan fingerprint density at radius 1 is 1.13 bits per heavy atom. The molecule has 0 radical (unpaired) electrons. The normalized spacial score (nSPS) is 11.0. The van der Waals surface area contributed by atoms with Gasteiger partial charge in [0.15, 0.2) is 22.7 Å². The smallest absolute Gasteiger partial charge is 0.332 e. The third-order valence-corrected chi connectivity index (χ3v) is 5.05. The minimum absolute atomic E-state index is 0.271. The molecule has 10 nitrogen and oxygen atoms in total. The van der Waals surface area contributed by atoms with Crippen LogP contribution in [0.5, 0.6) is 11.5 Å². The molecule has 0 aliphatic carbocycles. The predicted molar refractivity (Wildman–Crippen MR) is 111 cm³/mol. The van der Waals surface area contributed by atoms with Crippen LogP contribution in [0.1, 0.15) is 12.5 Å². The Labute approximate surface area is 172 Å². The number of methoxy groups -OCH3 is 2. The minimum atomic E-state index is -0.582. The van der Waals surface area contributed by atoms with Crippen molar-refractivity contribution >= 4 is 17.1 Å². The molecule has 2 heterocycles. The van der Waals surface area contributed by atoms with Gasteiger partial charge in [0.1, 0.15) is 6.54 Å². The molecule has 2 aromatic heterocycles. The molecule has 0 atom stereocenters. The second-order valence-electron chi connectivity index (χ2n) is 6.86. The van der Waals surface area contributed by atoms with E-state index in [1.165, 1.54) is 17.9 Å². The quantitative estimate of drug-likeness (QED) is 0.557. The van der Waals surface area contributed by atoms with Crippen molar-refractivity contribution in [1.29, 1.82) is 0 Å². The van der Waals surface area contributed by atoms with Crippen molar-refractivity contribution in [2.75, 3.05) is 20.8 Å². The fourth-order valence-corrected chi connectivity index (χ4v) is 3.35. The Bertz CT molecular complexity index is 1210. The van der Waals surface area contributed by atoms with Gasteiger partial charge in [0.2, 0.25) is 5.91 Å². The topological polar surface area (TPSA) is 101 Å². The fourth-order valence-electron chi connectivity index (χ4n) is 3.35. The summed E-state index contributed by atoms with van der Waals surface area (Å²) in [4.78, 5) is 44.1. The molecule has 0 saturated carbocycles. The molecule has 10 heteroatoms. The molecule has 0 aliphatic heterocycles. The maximum Gasteiger partial charge on any atom is 0.332 e. The number of ether oxygens (including phenoxy) is 2. The number of amides is 1. The number of rotatable bonds is 7. The summed E-state index contributed by atoms with van der Waals surface area (Å²) in [6, 6.07) is 5.40. The Balaban J connectivity index is 1.90. The van der Waals surface area contributed by atoms with E-state index < -0.39 is 11.2 Å². The van der Waals surface area contributed by atoms with Crippen molar-refractivity contribution in [3.63, 3.8) is 0 Å². The minimum Gasteiger partial charge on any atom is -0.493 e. The Morgan fingerprint density at radius 3 is 2.47 bits per heavy atom. The zero-order valence-electron chi connectivity index (χ0n) is 17.7. The number of likely N-dealkylation sites (N-methyl/N-ethyl adjacent to an activating group) is 1. The number of carbonyl (C=O) groups excluding carboxylic acids is 1. The maximum absolute atomic E-state index is 12.9. The molecule has 3 rings (SSSR count). The average Bonchev–Trinajstić information content (AvgIpc) is 3.14. The van der Waals surface area contributed by atoms with Crippen molar-refractivity contribution in [3.8, 4) is 11.5 Å². The molecule has 0 spiro atoms. The number of aromatic nitrogens is 4. The number of fused-ring (bicyclic) bond motifs is 1. The predicted octanol–water partition coefficient (Wildman–Crippen LogP) is 0.500. The summed E-state index contributed by atoms with van der Waals surface area (Å²) in [5.41, 5.74) is 0.275. The lowest BCUT2D eigenvalue weighted by atomic mass is 10.2. The van der Waals surface area contributed by atoms with Crippen LogP contribution in [0.25, 0.3) is 11.2 Å². The first-order valence-electron chi connectivity index (χ1n) is 9.41. The van der Waals surface area contributed by atoms with Gasteiger partial charge in [0, 0.05) is 27.2 Å². The largest absolute Gasteiger partial charge is 0.493 e. The SMILES string of the molecule is CCN(Cc1ccc(OC)c(OC)c1)C(=O)Cn1c(=O)c2c(ncn2C)n(C)c1=O. The molecule has 0 aliphatic rings. The molecule has 3 aromatic rings. The summed E-state index contributed by atoms with van der Waals surface area (Å²) >= 11 is 0. The van der Waals surface area contributed by atoms with Crippen LogP contribution < -0.4 is 20.7 Å². The third kappa shape index (κ3) is 3.68. The average molecular weight is 415 g/mol. The highest BCUT2D eigenvalue weighted by atomic mass is 16.5. The van der Waals surface area contributed by atoms with Crippen LogP contribution in [0, 0.1) is 0 Å². The highest BCUT2D eigenvalue weighted by Gasteiger charge is 2.20. The summed E-state index contributed by atoms with van der Waals surface area (Å²) in [6.07, 6.45) is 1.47. The number of benzene rings is 1. The van der Waals surface area contributed by atoms with E-state index in [0.717, 1.165) is 10.1 Å². The van der Waals surface area contributed by atoms with E-state index in [1.54, 1.807) is 42.9 Å². The van der Waals surface area contributed by atoms with E-state index in [4.69, 9.17) is 9.47 Å². The first-order valence-corrected chi connectivity index (χ1v) is 9.41. The number of imidazole rings is 1. The number of nitrogens with zero attached hydrogens (tertiary/aromatic N) is 5. The molecule has 30 heavy (non-hydrogen) atoms. The van der Waals surface area contributed by atoms with E-state index in [-0.39, 0.29) is 23.6 Å². The Hall–Kier alpha value is -3.56. The second-order valence-corrected chi connectivity index (χ2v) is 6.86. The van der Waals surface area contributed by atoms with Gasteiger partial charge in [0.25, 0.3) is 5.56 Å². The molecule has 1 amide bonds. The molecule has 0 saturated heterocycles. The molecule has 160 valence electrons. The molecule has 0 unspecified atom stereocenters. The Morgan fingerprint density at radius 2 is 1.83 bits per heavy atom. The number of hydrogen-bond donors (Lipinski definition) is 0. The molecule has 0 fully saturated rings. The number of hydrogen-bond acceptors (Lipinski definition) is 6. The van der Waals surface area contributed by atoms with Gasteiger partial charge in [-0.3, -0.25) is 14.2 Å². The van der Waals surface area contributed by atoms with E-state index in [2.05, 4.69) is 4.98 Å². The van der Waals surface area contributed by atoms with Crippen LogP contribution in [0.15, 0.2) is 34.1 Å². The highest BCUT2D eigenvalue weighted by Crippen LogP contribution is 2.28. The van der Waals surface area contributed by atoms with Gasteiger partial charge in [-0.05, 0) is 24.6 Å². The second kappa shape index (κ2) is 8.44. The van der Waals surface area contributed by atoms with Crippen molar-refractivity contribution < 1.29 is 14.3 Å². The van der Waals surface area contributed by atoms with Crippen molar-refractivity contribution in [2.45, 2.75) is 20.0 Å². The third-order valence-electron chi connectivity index (χ3n) is 5.05. The van der Waals surface area contributed by atoms with Gasteiger partial charge in [-0.15, -0.1) is 0 Å². The Kier molecular flexibility index (Phi) is 5.95. The number of carbonyl (C=O) groups is 1.